The second kappa shape index (κ2) is 6.17. The Morgan fingerprint density at radius 2 is 2.05 bits per heavy atom. The van der Waals surface area contributed by atoms with Gasteiger partial charge in [-0.2, -0.15) is 0 Å². The van der Waals surface area contributed by atoms with Gasteiger partial charge in [0, 0.05) is 17.8 Å². The molecule has 3 aromatic rings. The molecular weight excluding hydrogens is 282 g/mol. The number of anilines is 1. The van der Waals surface area contributed by atoms with Crippen molar-refractivity contribution in [2.45, 2.75) is 6.54 Å². The van der Waals surface area contributed by atoms with E-state index in [0.717, 1.165) is 22.6 Å². The number of rotatable bonds is 5. The summed E-state index contributed by atoms with van der Waals surface area (Å²) >= 11 is 0. The second-order valence-corrected chi connectivity index (χ2v) is 4.70. The molecule has 3 rings (SSSR count). The Bertz CT molecular complexity index is 806. The molecule has 1 heterocycles. The fourth-order valence-electron chi connectivity index (χ4n) is 2.06. The number of aromatic amines is 1. The first-order chi connectivity index (χ1) is 10.7. The molecule has 0 aliphatic carbocycles. The number of methoxy groups -OCH3 is 1. The second-order valence-electron chi connectivity index (χ2n) is 4.70. The molecule has 0 radical (unpaired) electrons. The zero-order chi connectivity index (χ0) is 15.4. The molecule has 0 aliphatic rings. The van der Waals surface area contributed by atoms with Crippen LogP contribution in [0.5, 0.6) is 5.75 Å². The molecule has 0 unspecified atom stereocenters. The van der Waals surface area contributed by atoms with Crippen LogP contribution < -0.4 is 15.8 Å². The van der Waals surface area contributed by atoms with Gasteiger partial charge in [0.05, 0.1) is 7.11 Å². The fourth-order valence-corrected chi connectivity index (χ4v) is 2.06. The van der Waals surface area contributed by atoms with Crippen molar-refractivity contribution in [1.82, 2.24) is 10.2 Å². The molecule has 22 heavy (non-hydrogen) atoms. The normalized spacial score (nSPS) is 10.4. The fraction of sp³-hybridized carbons (Fsp3) is 0.125. The first-order valence-corrected chi connectivity index (χ1v) is 6.77. The van der Waals surface area contributed by atoms with Gasteiger partial charge in [0.15, 0.2) is 0 Å². The number of nitrogens with one attached hydrogen (secondary N) is 2. The van der Waals surface area contributed by atoms with E-state index in [0.29, 0.717) is 6.54 Å². The van der Waals surface area contributed by atoms with E-state index in [9.17, 15) is 4.79 Å². The summed E-state index contributed by atoms with van der Waals surface area (Å²) in [5, 5.41) is 9.39. The molecule has 2 aromatic carbocycles. The Morgan fingerprint density at radius 3 is 2.73 bits per heavy atom. The van der Waals surface area contributed by atoms with E-state index in [2.05, 4.69) is 15.5 Å². The van der Waals surface area contributed by atoms with E-state index < -0.39 is 5.76 Å². The van der Waals surface area contributed by atoms with Crippen LogP contribution in [-0.2, 0) is 6.54 Å². The standard InChI is InChI=1S/C16H15N3O3/c1-21-14-7-5-11(6-8-14)10-17-13-4-2-3-12(9-13)15-18-19-16(20)22-15/h2-9,17H,10H2,1H3,(H,19,20). The third-order valence-corrected chi connectivity index (χ3v) is 3.20. The number of benzene rings is 2. The lowest BCUT2D eigenvalue weighted by molar-refractivity contribution is 0.414. The highest BCUT2D eigenvalue weighted by molar-refractivity contribution is 5.60. The average Bonchev–Trinajstić information content (AvgIpc) is 3.00. The van der Waals surface area contributed by atoms with Crippen molar-refractivity contribution in [3.63, 3.8) is 0 Å². The Hall–Kier alpha value is -3.02. The molecule has 6 heteroatoms. The zero-order valence-electron chi connectivity index (χ0n) is 12.0. The molecule has 6 nitrogen and oxygen atoms in total. The van der Waals surface area contributed by atoms with Gasteiger partial charge in [0.1, 0.15) is 5.75 Å². The minimum Gasteiger partial charge on any atom is -0.497 e. The topological polar surface area (TPSA) is 80.1 Å². The summed E-state index contributed by atoms with van der Waals surface area (Å²) < 4.78 is 10.1. The van der Waals surface area contributed by atoms with Crippen LogP contribution in [0.3, 0.4) is 0 Å². The molecule has 1 aromatic heterocycles. The van der Waals surface area contributed by atoms with Gasteiger partial charge in [-0.3, -0.25) is 0 Å². The largest absolute Gasteiger partial charge is 0.497 e. The van der Waals surface area contributed by atoms with E-state index in [4.69, 9.17) is 9.15 Å². The monoisotopic (exact) mass is 297 g/mol. The molecule has 0 fully saturated rings. The van der Waals surface area contributed by atoms with Crippen LogP contribution in [0, 0.1) is 0 Å². The van der Waals surface area contributed by atoms with Crippen LogP contribution in [0.1, 0.15) is 5.56 Å². The smallest absolute Gasteiger partial charge is 0.434 e. The molecule has 0 amide bonds. The molecular formula is C16H15N3O3. The van der Waals surface area contributed by atoms with E-state index >= 15 is 0 Å². The van der Waals surface area contributed by atoms with Gasteiger partial charge < -0.3 is 14.5 Å². The first kappa shape index (κ1) is 13.9. The van der Waals surface area contributed by atoms with Gasteiger partial charge in [-0.1, -0.05) is 18.2 Å². The van der Waals surface area contributed by atoms with E-state index in [1.165, 1.54) is 0 Å². The van der Waals surface area contributed by atoms with Gasteiger partial charge in [0.2, 0.25) is 5.89 Å². The highest BCUT2D eigenvalue weighted by atomic mass is 16.5. The van der Waals surface area contributed by atoms with Crippen LogP contribution in [-0.4, -0.2) is 17.3 Å². The molecule has 112 valence electrons. The predicted molar refractivity (Wildman–Crippen MR) is 82.9 cm³/mol. The lowest BCUT2D eigenvalue weighted by Gasteiger charge is -2.08. The van der Waals surface area contributed by atoms with Crippen molar-refractivity contribution in [2.24, 2.45) is 0 Å². The summed E-state index contributed by atoms with van der Waals surface area (Å²) in [6.07, 6.45) is 0. The summed E-state index contributed by atoms with van der Waals surface area (Å²) in [5.74, 6) is 0.545. The summed E-state index contributed by atoms with van der Waals surface area (Å²) in [6.45, 7) is 0.679. The Labute approximate surface area is 126 Å². The summed E-state index contributed by atoms with van der Waals surface area (Å²) in [4.78, 5) is 11.0. The van der Waals surface area contributed by atoms with E-state index in [1.54, 1.807) is 7.11 Å². The number of hydrogen-bond acceptors (Lipinski definition) is 5. The van der Waals surface area contributed by atoms with Gasteiger partial charge in [-0.05, 0) is 35.9 Å². The van der Waals surface area contributed by atoms with Gasteiger partial charge in [-0.15, -0.1) is 5.10 Å². The van der Waals surface area contributed by atoms with Crippen LogP contribution >= 0.6 is 0 Å². The molecule has 0 saturated heterocycles. The van der Waals surface area contributed by atoms with Crippen molar-refractivity contribution >= 4 is 5.69 Å². The van der Waals surface area contributed by atoms with Gasteiger partial charge >= 0.3 is 5.76 Å². The first-order valence-electron chi connectivity index (χ1n) is 6.77. The van der Waals surface area contributed by atoms with Crippen LogP contribution in [0.15, 0.2) is 57.7 Å². The zero-order valence-corrected chi connectivity index (χ0v) is 12.0. The number of hydrogen-bond donors (Lipinski definition) is 2. The third kappa shape index (κ3) is 3.17. The average molecular weight is 297 g/mol. The quantitative estimate of drug-likeness (QED) is 0.756. The molecule has 0 aliphatic heterocycles. The number of nitrogens with zero attached hydrogens (tertiary/aromatic N) is 1. The van der Waals surface area contributed by atoms with Crippen molar-refractivity contribution in [1.29, 1.82) is 0 Å². The van der Waals surface area contributed by atoms with E-state index in [1.807, 2.05) is 48.5 Å². The van der Waals surface area contributed by atoms with Crippen LogP contribution in [0.25, 0.3) is 11.5 Å². The number of H-pyrrole nitrogens is 1. The molecule has 0 bridgehead atoms. The predicted octanol–water partition coefficient (Wildman–Crippen LogP) is 2.65. The van der Waals surface area contributed by atoms with Crippen LogP contribution in [0.4, 0.5) is 5.69 Å². The maximum Gasteiger partial charge on any atom is 0.434 e. The lowest BCUT2D eigenvalue weighted by Crippen LogP contribution is -1.99. The number of ether oxygens (including phenoxy) is 1. The summed E-state index contributed by atoms with van der Waals surface area (Å²) in [7, 11) is 1.65. The SMILES string of the molecule is COc1ccc(CNc2cccc(-c3n[nH]c(=O)o3)c2)cc1. The third-order valence-electron chi connectivity index (χ3n) is 3.20. The molecule has 2 N–H and O–H groups in total. The lowest BCUT2D eigenvalue weighted by atomic mass is 10.2. The highest BCUT2D eigenvalue weighted by Gasteiger charge is 2.05. The summed E-state index contributed by atoms with van der Waals surface area (Å²) in [5.41, 5.74) is 2.79. The Balaban J connectivity index is 1.71. The summed E-state index contributed by atoms with van der Waals surface area (Å²) in [6, 6.07) is 15.4. The van der Waals surface area contributed by atoms with E-state index in [-0.39, 0.29) is 5.89 Å². The van der Waals surface area contributed by atoms with Crippen molar-refractivity contribution < 1.29 is 9.15 Å². The molecule has 0 spiro atoms. The van der Waals surface area contributed by atoms with Crippen LogP contribution in [0.2, 0.25) is 0 Å². The van der Waals surface area contributed by atoms with Crippen molar-refractivity contribution in [2.75, 3.05) is 12.4 Å². The maximum absolute atomic E-state index is 11.0. The Morgan fingerprint density at radius 1 is 1.23 bits per heavy atom. The van der Waals surface area contributed by atoms with Crippen molar-refractivity contribution in [3.8, 4) is 17.2 Å². The molecule has 0 saturated carbocycles. The van der Waals surface area contributed by atoms with Crippen molar-refractivity contribution in [3.05, 3.63) is 64.6 Å². The number of aromatic nitrogens is 2. The minimum absolute atomic E-state index is 0.276. The highest BCUT2D eigenvalue weighted by Crippen LogP contribution is 2.20. The molecule has 0 atom stereocenters. The van der Waals surface area contributed by atoms with Gasteiger partial charge in [-0.25, -0.2) is 9.89 Å². The minimum atomic E-state index is -0.563. The van der Waals surface area contributed by atoms with Gasteiger partial charge in [0.25, 0.3) is 0 Å². The Kier molecular flexibility index (Phi) is 3.91. The maximum atomic E-state index is 11.0.